The molecule has 1 heterocycles. The molecule has 0 aromatic heterocycles. The number of rotatable bonds is 5. The van der Waals surface area contributed by atoms with Crippen LogP contribution in [0, 0.1) is 17.8 Å². The molecule has 2 N–H and O–H groups in total. The zero-order valence-corrected chi connectivity index (χ0v) is 11.1. The highest BCUT2D eigenvalue weighted by Crippen LogP contribution is 2.38. The first-order valence-corrected chi connectivity index (χ1v) is 6.73. The summed E-state index contributed by atoms with van der Waals surface area (Å²) >= 11 is 0. The van der Waals surface area contributed by atoms with E-state index in [-0.39, 0.29) is 11.8 Å². The lowest BCUT2D eigenvalue weighted by atomic mass is 10.1. The smallest absolute Gasteiger partial charge is 0.307 e. The molecule has 1 aliphatic heterocycles. The van der Waals surface area contributed by atoms with E-state index in [1.165, 1.54) is 0 Å². The highest BCUT2D eigenvalue weighted by Gasteiger charge is 2.48. The van der Waals surface area contributed by atoms with Gasteiger partial charge in [-0.2, -0.15) is 0 Å². The molecule has 2 fully saturated rings. The summed E-state index contributed by atoms with van der Waals surface area (Å²) in [5.41, 5.74) is 0. The summed E-state index contributed by atoms with van der Waals surface area (Å²) in [5, 5.41) is 11.7. The van der Waals surface area contributed by atoms with Crippen molar-refractivity contribution in [1.29, 1.82) is 0 Å². The van der Waals surface area contributed by atoms with Gasteiger partial charge in [0, 0.05) is 19.1 Å². The van der Waals surface area contributed by atoms with Crippen LogP contribution in [0.25, 0.3) is 0 Å². The molecule has 0 bridgehead atoms. The van der Waals surface area contributed by atoms with Crippen LogP contribution in [-0.2, 0) is 9.59 Å². The van der Waals surface area contributed by atoms with Crippen molar-refractivity contribution in [3.8, 4) is 0 Å². The fourth-order valence-electron chi connectivity index (χ4n) is 2.63. The lowest BCUT2D eigenvalue weighted by molar-refractivity contribution is -0.140. The third kappa shape index (κ3) is 3.02. The number of aliphatic carboxylic acids is 1. The minimum Gasteiger partial charge on any atom is -0.481 e. The maximum absolute atomic E-state index is 11.7. The molecule has 0 aromatic carbocycles. The molecule has 0 aromatic rings. The Hall–Kier alpha value is -1.10. The van der Waals surface area contributed by atoms with E-state index in [1.54, 1.807) is 0 Å². The standard InChI is InChI=1S/C13H22N2O3/c1-8(2)15-4-3-9(7-15)6-14-12(16)10-5-11(10)13(17)18/h8-11H,3-7H2,1-2H3,(H,14,16)(H,17,18). The van der Waals surface area contributed by atoms with Crippen molar-refractivity contribution in [2.45, 2.75) is 32.7 Å². The Morgan fingerprint density at radius 3 is 2.61 bits per heavy atom. The summed E-state index contributed by atoms with van der Waals surface area (Å²) in [6, 6.07) is 0.561. The van der Waals surface area contributed by atoms with Gasteiger partial charge >= 0.3 is 5.97 Å². The zero-order valence-electron chi connectivity index (χ0n) is 11.1. The first kappa shape index (κ1) is 13.3. The van der Waals surface area contributed by atoms with Crippen molar-refractivity contribution in [3.63, 3.8) is 0 Å². The number of likely N-dealkylation sites (tertiary alicyclic amines) is 1. The van der Waals surface area contributed by atoms with Crippen LogP contribution in [0.4, 0.5) is 0 Å². The molecule has 2 rings (SSSR count). The van der Waals surface area contributed by atoms with Crippen LogP contribution in [0.2, 0.25) is 0 Å². The Labute approximate surface area is 108 Å². The maximum Gasteiger partial charge on any atom is 0.307 e. The number of nitrogens with one attached hydrogen (secondary N) is 1. The molecule has 1 saturated carbocycles. The second-order valence-corrected chi connectivity index (χ2v) is 5.78. The number of carboxylic acids is 1. The van der Waals surface area contributed by atoms with E-state index in [4.69, 9.17) is 5.11 Å². The minimum atomic E-state index is -0.845. The number of carbonyl (C=O) groups excluding carboxylic acids is 1. The van der Waals surface area contributed by atoms with Crippen molar-refractivity contribution in [3.05, 3.63) is 0 Å². The topological polar surface area (TPSA) is 69.6 Å². The van der Waals surface area contributed by atoms with E-state index in [2.05, 4.69) is 24.1 Å². The molecule has 5 nitrogen and oxygen atoms in total. The SMILES string of the molecule is CC(C)N1CCC(CNC(=O)C2CC2C(=O)O)C1. The van der Waals surface area contributed by atoms with E-state index in [0.29, 0.717) is 24.9 Å². The maximum atomic E-state index is 11.7. The number of hydrogen-bond acceptors (Lipinski definition) is 3. The van der Waals surface area contributed by atoms with Gasteiger partial charge in [0.05, 0.1) is 11.8 Å². The molecule has 0 spiro atoms. The molecule has 3 unspecified atom stereocenters. The molecular weight excluding hydrogens is 232 g/mol. The Morgan fingerprint density at radius 1 is 1.39 bits per heavy atom. The van der Waals surface area contributed by atoms with Gasteiger partial charge in [-0.1, -0.05) is 0 Å². The van der Waals surface area contributed by atoms with Crippen LogP contribution >= 0.6 is 0 Å². The summed E-state index contributed by atoms with van der Waals surface area (Å²) in [5.74, 6) is -1.14. The van der Waals surface area contributed by atoms with Gasteiger partial charge in [0.1, 0.15) is 0 Å². The fraction of sp³-hybridized carbons (Fsp3) is 0.846. The lowest BCUT2D eigenvalue weighted by Gasteiger charge is -2.20. The molecular formula is C13H22N2O3. The van der Waals surface area contributed by atoms with Gasteiger partial charge in [-0.25, -0.2) is 0 Å². The molecule has 1 aliphatic carbocycles. The lowest BCUT2D eigenvalue weighted by Crippen LogP contribution is -2.34. The molecule has 1 saturated heterocycles. The van der Waals surface area contributed by atoms with Gasteiger partial charge in [-0.05, 0) is 39.2 Å². The molecule has 3 atom stereocenters. The van der Waals surface area contributed by atoms with Gasteiger partial charge in [-0.3, -0.25) is 9.59 Å². The Balaban J connectivity index is 1.67. The summed E-state index contributed by atoms with van der Waals surface area (Å²) < 4.78 is 0. The Morgan fingerprint density at radius 2 is 2.11 bits per heavy atom. The van der Waals surface area contributed by atoms with E-state index in [0.717, 1.165) is 19.5 Å². The second kappa shape index (κ2) is 5.26. The van der Waals surface area contributed by atoms with Crippen molar-refractivity contribution < 1.29 is 14.7 Å². The highest BCUT2D eigenvalue weighted by atomic mass is 16.4. The van der Waals surface area contributed by atoms with Crippen LogP contribution in [0.5, 0.6) is 0 Å². The van der Waals surface area contributed by atoms with Crippen LogP contribution < -0.4 is 5.32 Å². The van der Waals surface area contributed by atoms with Gasteiger partial charge in [0.2, 0.25) is 5.91 Å². The van der Waals surface area contributed by atoms with E-state index < -0.39 is 11.9 Å². The minimum absolute atomic E-state index is 0.0783. The Kier molecular flexibility index (Phi) is 3.90. The number of hydrogen-bond donors (Lipinski definition) is 2. The summed E-state index contributed by atoms with van der Waals surface area (Å²) in [4.78, 5) is 24.8. The average Bonchev–Trinajstić information content (AvgIpc) is 2.97. The van der Waals surface area contributed by atoms with Crippen molar-refractivity contribution in [2.75, 3.05) is 19.6 Å². The third-order valence-corrected chi connectivity index (χ3v) is 4.06. The molecule has 5 heteroatoms. The normalized spacial score (nSPS) is 31.6. The molecule has 0 radical (unpaired) electrons. The molecule has 102 valence electrons. The first-order chi connectivity index (χ1) is 8.49. The third-order valence-electron chi connectivity index (χ3n) is 4.06. The zero-order chi connectivity index (χ0) is 13.3. The second-order valence-electron chi connectivity index (χ2n) is 5.78. The Bertz CT molecular complexity index is 343. The predicted molar refractivity (Wildman–Crippen MR) is 67.1 cm³/mol. The van der Waals surface area contributed by atoms with Crippen LogP contribution in [0.3, 0.4) is 0 Å². The fourth-order valence-corrected chi connectivity index (χ4v) is 2.63. The van der Waals surface area contributed by atoms with Crippen molar-refractivity contribution >= 4 is 11.9 Å². The van der Waals surface area contributed by atoms with Gasteiger partial charge < -0.3 is 15.3 Å². The molecule has 1 amide bonds. The van der Waals surface area contributed by atoms with E-state index >= 15 is 0 Å². The van der Waals surface area contributed by atoms with Crippen LogP contribution in [0.15, 0.2) is 0 Å². The quantitative estimate of drug-likeness (QED) is 0.752. The van der Waals surface area contributed by atoms with Crippen molar-refractivity contribution in [2.24, 2.45) is 17.8 Å². The summed E-state index contributed by atoms with van der Waals surface area (Å²) in [6.45, 7) is 7.18. The summed E-state index contributed by atoms with van der Waals surface area (Å²) in [7, 11) is 0. The van der Waals surface area contributed by atoms with E-state index in [9.17, 15) is 9.59 Å². The molecule has 2 aliphatic rings. The van der Waals surface area contributed by atoms with E-state index in [1.807, 2.05) is 0 Å². The van der Waals surface area contributed by atoms with Gasteiger partial charge in [-0.15, -0.1) is 0 Å². The largest absolute Gasteiger partial charge is 0.481 e. The average molecular weight is 254 g/mol. The number of carbonyl (C=O) groups is 2. The summed E-state index contributed by atoms with van der Waals surface area (Å²) in [6.07, 6.45) is 1.62. The predicted octanol–water partition coefficient (Wildman–Crippen LogP) is 0.554. The monoisotopic (exact) mass is 254 g/mol. The highest BCUT2D eigenvalue weighted by molar-refractivity contribution is 5.89. The van der Waals surface area contributed by atoms with Crippen molar-refractivity contribution in [1.82, 2.24) is 10.2 Å². The molecule has 18 heavy (non-hydrogen) atoms. The van der Waals surface area contributed by atoms with Gasteiger partial charge in [0.15, 0.2) is 0 Å². The van der Waals surface area contributed by atoms with Crippen LogP contribution in [0.1, 0.15) is 26.7 Å². The van der Waals surface area contributed by atoms with Gasteiger partial charge in [0.25, 0.3) is 0 Å². The first-order valence-electron chi connectivity index (χ1n) is 6.73. The number of nitrogens with zero attached hydrogens (tertiary/aromatic N) is 1. The number of carboxylic acid groups (broad SMARTS) is 1. The number of amides is 1. The van der Waals surface area contributed by atoms with Crippen LogP contribution in [-0.4, -0.2) is 47.6 Å².